The van der Waals surface area contributed by atoms with Crippen LogP contribution in [0.25, 0.3) is 0 Å². The lowest BCUT2D eigenvalue weighted by Crippen LogP contribution is -3.06. The summed E-state index contributed by atoms with van der Waals surface area (Å²) in [7, 11) is 0. The molecule has 0 saturated heterocycles. The van der Waals surface area contributed by atoms with Crippen LogP contribution >= 0.6 is 0 Å². The minimum atomic E-state index is 0.467. The highest BCUT2D eigenvalue weighted by Crippen LogP contribution is 2.12. The lowest BCUT2D eigenvalue weighted by molar-refractivity contribution is -0.782. The van der Waals surface area contributed by atoms with Gasteiger partial charge in [-0.1, -0.05) is 54.6 Å². The van der Waals surface area contributed by atoms with Gasteiger partial charge in [-0.3, -0.25) is 4.90 Å². The van der Waals surface area contributed by atoms with Crippen molar-refractivity contribution in [3.63, 3.8) is 0 Å². The predicted molar refractivity (Wildman–Crippen MR) is 79.9 cm³/mol. The second kappa shape index (κ2) is 5.68. The summed E-state index contributed by atoms with van der Waals surface area (Å²) in [6.45, 7) is 0. The van der Waals surface area contributed by atoms with Crippen molar-refractivity contribution >= 4 is 11.4 Å². The molecule has 1 unspecified atom stereocenters. The summed E-state index contributed by atoms with van der Waals surface area (Å²) in [5, 5.41) is 0. The molecule has 0 aliphatic heterocycles. The standard InChI is InChI=1S/C18H17N/c1-4-10-16(11-5-1)19(17-12-6-2-7-13-17)18-14-8-3-9-15-18/h1-14,18H,15H2/p+1. The Kier molecular flexibility index (Phi) is 3.57. The topological polar surface area (TPSA) is 4.44 Å². The van der Waals surface area contributed by atoms with Gasteiger partial charge >= 0.3 is 0 Å². The van der Waals surface area contributed by atoms with Crippen molar-refractivity contribution in [3.05, 3.63) is 85.0 Å². The Morgan fingerprint density at radius 1 is 0.737 bits per heavy atom. The number of benzene rings is 2. The maximum absolute atomic E-state index is 2.30. The Labute approximate surface area is 114 Å². The highest BCUT2D eigenvalue weighted by Gasteiger charge is 2.23. The lowest BCUT2D eigenvalue weighted by atomic mass is 10.0. The van der Waals surface area contributed by atoms with Gasteiger partial charge in [0.2, 0.25) is 0 Å². The third-order valence-electron chi connectivity index (χ3n) is 3.52. The number of nitrogens with one attached hydrogen (secondary N) is 1. The Bertz CT molecular complexity index is 530. The van der Waals surface area contributed by atoms with E-state index in [1.807, 2.05) is 0 Å². The maximum Gasteiger partial charge on any atom is 0.136 e. The number of allylic oxidation sites excluding steroid dienone is 2. The van der Waals surface area contributed by atoms with Crippen LogP contribution in [-0.4, -0.2) is 6.04 Å². The predicted octanol–water partition coefficient (Wildman–Crippen LogP) is 3.42. The van der Waals surface area contributed by atoms with E-state index < -0.39 is 0 Å². The normalized spacial score (nSPS) is 17.8. The molecule has 0 heterocycles. The zero-order chi connectivity index (χ0) is 12.9. The second-order valence-corrected chi connectivity index (χ2v) is 4.80. The van der Waals surface area contributed by atoms with Gasteiger partial charge in [-0.2, -0.15) is 0 Å². The fraction of sp³-hybridized carbons (Fsp3) is 0.111. The van der Waals surface area contributed by atoms with Gasteiger partial charge in [0.1, 0.15) is 17.4 Å². The van der Waals surface area contributed by atoms with E-state index in [4.69, 9.17) is 0 Å². The molecule has 19 heavy (non-hydrogen) atoms. The van der Waals surface area contributed by atoms with Crippen molar-refractivity contribution in [2.24, 2.45) is 0 Å². The molecule has 0 radical (unpaired) electrons. The molecule has 1 nitrogen and oxygen atoms in total. The molecule has 1 aliphatic carbocycles. The third-order valence-corrected chi connectivity index (χ3v) is 3.52. The van der Waals surface area contributed by atoms with Gasteiger partial charge in [-0.15, -0.1) is 0 Å². The van der Waals surface area contributed by atoms with Gasteiger partial charge in [0.25, 0.3) is 0 Å². The van der Waals surface area contributed by atoms with E-state index in [0.717, 1.165) is 6.42 Å². The van der Waals surface area contributed by atoms with E-state index in [0.29, 0.717) is 6.04 Å². The van der Waals surface area contributed by atoms with E-state index in [9.17, 15) is 0 Å². The van der Waals surface area contributed by atoms with E-state index in [1.165, 1.54) is 16.3 Å². The van der Waals surface area contributed by atoms with Crippen molar-refractivity contribution in [2.45, 2.75) is 12.5 Å². The summed E-state index contributed by atoms with van der Waals surface area (Å²) in [5.41, 5.74) is 2.64. The van der Waals surface area contributed by atoms with E-state index >= 15 is 0 Å². The minimum Gasteiger partial charge on any atom is -0.264 e. The molecule has 94 valence electrons. The molecule has 0 spiro atoms. The van der Waals surface area contributed by atoms with Crippen LogP contribution in [-0.2, 0) is 0 Å². The Hall–Kier alpha value is -2.12. The molecule has 2 aromatic rings. The molecule has 0 bridgehead atoms. The molecule has 3 rings (SSSR count). The Morgan fingerprint density at radius 2 is 1.32 bits per heavy atom. The van der Waals surface area contributed by atoms with Crippen LogP contribution in [0.1, 0.15) is 6.42 Å². The van der Waals surface area contributed by atoms with Crippen LogP contribution in [0.3, 0.4) is 0 Å². The number of para-hydroxylation sites is 2. The fourth-order valence-corrected chi connectivity index (χ4v) is 2.62. The molecule has 1 aliphatic rings. The Balaban J connectivity index is 2.01. The summed E-state index contributed by atoms with van der Waals surface area (Å²) in [4.78, 5) is 1.42. The van der Waals surface area contributed by atoms with Gasteiger partial charge in [0.05, 0.1) is 0 Å². The zero-order valence-electron chi connectivity index (χ0n) is 10.9. The maximum atomic E-state index is 2.30. The quantitative estimate of drug-likeness (QED) is 0.849. The highest BCUT2D eigenvalue weighted by molar-refractivity contribution is 5.38. The monoisotopic (exact) mass is 248 g/mol. The molecule has 2 aromatic carbocycles. The largest absolute Gasteiger partial charge is 0.264 e. The molecular formula is C18H18N+. The van der Waals surface area contributed by atoms with E-state index in [2.05, 4.69) is 85.0 Å². The van der Waals surface area contributed by atoms with Crippen LogP contribution < -0.4 is 4.90 Å². The van der Waals surface area contributed by atoms with Crippen LogP contribution in [0.5, 0.6) is 0 Å². The van der Waals surface area contributed by atoms with Crippen LogP contribution in [0.4, 0.5) is 11.4 Å². The first-order chi connectivity index (χ1) is 9.45. The SMILES string of the molecule is C1=CCC([NH+](c2ccccc2)c2ccccc2)C=C1. The van der Waals surface area contributed by atoms with Gasteiger partial charge in [0, 0.05) is 6.42 Å². The Morgan fingerprint density at radius 3 is 1.79 bits per heavy atom. The molecule has 1 N–H and O–H groups in total. The van der Waals surface area contributed by atoms with Crippen molar-refractivity contribution in [3.8, 4) is 0 Å². The zero-order valence-corrected chi connectivity index (χ0v) is 10.9. The average molecular weight is 248 g/mol. The van der Waals surface area contributed by atoms with Crippen LogP contribution in [0, 0.1) is 0 Å². The third kappa shape index (κ3) is 2.67. The van der Waals surface area contributed by atoms with Crippen molar-refractivity contribution < 1.29 is 4.90 Å². The molecular weight excluding hydrogens is 230 g/mol. The van der Waals surface area contributed by atoms with Gasteiger partial charge < -0.3 is 0 Å². The van der Waals surface area contributed by atoms with Crippen molar-refractivity contribution in [1.82, 2.24) is 0 Å². The summed E-state index contributed by atoms with van der Waals surface area (Å²) >= 11 is 0. The number of quaternary nitrogens is 1. The molecule has 0 amide bonds. The smallest absolute Gasteiger partial charge is 0.136 e. The first-order valence-electron chi connectivity index (χ1n) is 6.76. The van der Waals surface area contributed by atoms with E-state index in [1.54, 1.807) is 0 Å². The van der Waals surface area contributed by atoms with Crippen LogP contribution in [0.2, 0.25) is 0 Å². The molecule has 1 atom stereocenters. The highest BCUT2D eigenvalue weighted by atomic mass is 15.2. The minimum absolute atomic E-state index is 0.467. The van der Waals surface area contributed by atoms with Gasteiger partial charge in [0.15, 0.2) is 0 Å². The fourth-order valence-electron chi connectivity index (χ4n) is 2.62. The number of rotatable bonds is 3. The van der Waals surface area contributed by atoms with Crippen LogP contribution in [0.15, 0.2) is 85.0 Å². The molecule has 0 fully saturated rings. The lowest BCUT2D eigenvalue weighted by Gasteiger charge is -2.26. The van der Waals surface area contributed by atoms with Crippen molar-refractivity contribution in [1.29, 1.82) is 0 Å². The number of hydrogen-bond acceptors (Lipinski definition) is 0. The first-order valence-corrected chi connectivity index (χ1v) is 6.76. The van der Waals surface area contributed by atoms with Gasteiger partial charge in [-0.05, 0) is 30.3 Å². The number of hydrogen-bond donors (Lipinski definition) is 1. The molecule has 1 heteroatoms. The summed E-state index contributed by atoms with van der Waals surface area (Å²) in [6.07, 6.45) is 9.91. The van der Waals surface area contributed by atoms with Crippen molar-refractivity contribution in [2.75, 3.05) is 0 Å². The summed E-state index contributed by atoms with van der Waals surface area (Å²) in [6, 6.07) is 21.9. The second-order valence-electron chi connectivity index (χ2n) is 4.80. The summed E-state index contributed by atoms with van der Waals surface area (Å²) < 4.78 is 0. The first kappa shape index (κ1) is 11.9. The molecule has 0 saturated carbocycles. The van der Waals surface area contributed by atoms with Gasteiger partial charge in [-0.25, -0.2) is 0 Å². The summed E-state index contributed by atoms with van der Waals surface area (Å²) in [5.74, 6) is 0. The molecule has 0 aromatic heterocycles. The van der Waals surface area contributed by atoms with E-state index in [-0.39, 0.29) is 0 Å². The average Bonchev–Trinajstić information content (AvgIpc) is 2.51.